The zero-order chi connectivity index (χ0) is 35.8. The summed E-state index contributed by atoms with van der Waals surface area (Å²) < 4.78 is 42.8. The van der Waals surface area contributed by atoms with Crippen molar-refractivity contribution in [3.63, 3.8) is 0 Å². The number of amides is 1. The summed E-state index contributed by atoms with van der Waals surface area (Å²) in [5.74, 6) is -0.0602. The maximum absolute atomic E-state index is 14.7. The van der Waals surface area contributed by atoms with Crippen molar-refractivity contribution in [2.75, 3.05) is 25.0 Å². The molecule has 0 bridgehead atoms. The van der Waals surface area contributed by atoms with Gasteiger partial charge >= 0.3 is 0 Å². The molecule has 1 atom stereocenters. The Bertz CT molecular complexity index is 2410. The van der Waals surface area contributed by atoms with Crippen molar-refractivity contribution in [2.24, 2.45) is 0 Å². The third-order valence-electron chi connectivity index (χ3n) is 9.58. The first-order chi connectivity index (χ1) is 25.3. The number of fused-ring (bicyclic) bond motifs is 2. The molecule has 262 valence electrons. The molecule has 2 N–H and O–H groups in total. The number of imidazole rings is 1. The Morgan fingerprint density at radius 2 is 2.00 bits per heavy atom. The molecule has 1 unspecified atom stereocenters. The maximum Gasteiger partial charge on any atom is 0.255 e. The lowest BCUT2D eigenvalue weighted by Crippen LogP contribution is -2.33. The summed E-state index contributed by atoms with van der Waals surface area (Å²) in [5.41, 5.74) is 5.87. The molecule has 3 aromatic carbocycles. The van der Waals surface area contributed by atoms with E-state index in [1.807, 2.05) is 24.3 Å². The molecular formula is C39H34F2N8O3. The van der Waals surface area contributed by atoms with Crippen molar-refractivity contribution in [3.8, 4) is 5.88 Å². The molecule has 2 aliphatic heterocycles. The van der Waals surface area contributed by atoms with Crippen molar-refractivity contribution >= 4 is 44.8 Å². The number of hydrogen-bond donors (Lipinski definition) is 2. The van der Waals surface area contributed by atoms with Gasteiger partial charge in [0.15, 0.2) is 11.5 Å². The van der Waals surface area contributed by atoms with Crippen molar-refractivity contribution in [2.45, 2.75) is 45.6 Å². The molecule has 11 nitrogen and oxygen atoms in total. The summed E-state index contributed by atoms with van der Waals surface area (Å²) in [6.07, 6.45) is 3.96. The first-order valence-electron chi connectivity index (χ1n) is 17.0. The third kappa shape index (κ3) is 6.73. The number of pyridine rings is 1. The van der Waals surface area contributed by atoms with E-state index in [1.165, 1.54) is 12.1 Å². The van der Waals surface area contributed by atoms with Crippen LogP contribution in [0.1, 0.15) is 46.0 Å². The van der Waals surface area contributed by atoms with Gasteiger partial charge in [0, 0.05) is 53.7 Å². The first-order valence-corrected chi connectivity index (χ1v) is 17.0. The van der Waals surface area contributed by atoms with E-state index in [0.717, 1.165) is 54.1 Å². The smallest absolute Gasteiger partial charge is 0.255 e. The molecule has 0 spiro atoms. The minimum absolute atomic E-state index is 0.00837. The van der Waals surface area contributed by atoms with Gasteiger partial charge in [-0.15, -0.1) is 0 Å². The van der Waals surface area contributed by atoms with Crippen LogP contribution in [0.25, 0.3) is 32.4 Å². The van der Waals surface area contributed by atoms with Crippen LogP contribution in [0.5, 0.6) is 5.88 Å². The van der Waals surface area contributed by atoms with E-state index in [2.05, 4.69) is 40.9 Å². The van der Waals surface area contributed by atoms with E-state index in [1.54, 1.807) is 37.3 Å². The van der Waals surface area contributed by atoms with Gasteiger partial charge in [-0.3, -0.25) is 14.8 Å². The summed E-state index contributed by atoms with van der Waals surface area (Å²) in [6.45, 7) is 12.3. The molecule has 0 saturated carbocycles. The minimum atomic E-state index is -0.510. The van der Waals surface area contributed by atoms with E-state index < -0.39 is 11.6 Å². The second-order valence-corrected chi connectivity index (χ2v) is 13.0. The van der Waals surface area contributed by atoms with E-state index >= 15 is 0 Å². The van der Waals surface area contributed by atoms with Gasteiger partial charge in [0.1, 0.15) is 23.8 Å². The Morgan fingerprint density at radius 1 is 1.12 bits per heavy atom. The van der Waals surface area contributed by atoms with Gasteiger partial charge < -0.3 is 19.4 Å². The SMILES string of the molecule is [C-]#[N+]c1ccc(COc2cccc(C3=CCN(Cc4nc5ccc(C(=O)Nc6cc(F)c7n[nH]c(C)c7c6)cc5n4CC4CCO4)CC3)n2)c(F)c1. The maximum atomic E-state index is 14.7. The largest absolute Gasteiger partial charge is 0.473 e. The number of halogens is 2. The van der Waals surface area contributed by atoms with Gasteiger partial charge in [0.25, 0.3) is 5.91 Å². The van der Waals surface area contributed by atoms with Crippen LogP contribution in [0.3, 0.4) is 0 Å². The van der Waals surface area contributed by atoms with Crippen LogP contribution in [0.4, 0.5) is 20.2 Å². The Kier molecular flexibility index (Phi) is 8.92. The fraction of sp³-hybridized carbons (Fsp3) is 0.256. The van der Waals surface area contributed by atoms with E-state index in [-0.39, 0.29) is 29.8 Å². The molecule has 8 rings (SSSR count). The fourth-order valence-corrected chi connectivity index (χ4v) is 6.58. The fourth-order valence-electron chi connectivity index (χ4n) is 6.58. The standard InChI is InChI=1S/C39H34F2N8O3/c1-23-30-17-28(19-32(41)38(30)47-46-23)43-39(50)25-7-9-34-35(16-25)49(20-29-12-15-51-29)36(44-34)21-48-13-10-24(11-14-48)33-4-3-5-37(45-33)52-22-26-6-8-27(42-2)18-31(26)40/h3-10,16-19,29H,11-15,20-22H2,1H3,(H,43,50)(H,46,47). The number of nitrogens with one attached hydrogen (secondary N) is 2. The highest BCUT2D eigenvalue weighted by atomic mass is 19.1. The first kappa shape index (κ1) is 33.2. The summed E-state index contributed by atoms with van der Waals surface area (Å²) in [4.78, 5) is 28.6. The topological polar surface area (TPSA) is 115 Å². The lowest BCUT2D eigenvalue weighted by molar-refractivity contribution is -0.0591. The second kappa shape index (κ2) is 14.0. The summed E-state index contributed by atoms with van der Waals surface area (Å²) >= 11 is 0. The normalized spacial score (nSPS) is 16.0. The lowest BCUT2D eigenvalue weighted by atomic mass is 10.0. The molecule has 5 heterocycles. The Balaban J connectivity index is 0.969. The van der Waals surface area contributed by atoms with Crippen molar-refractivity contribution in [1.82, 2.24) is 29.6 Å². The summed E-state index contributed by atoms with van der Waals surface area (Å²) in [5, 5.41) is 10.2. The highest BCUT2D eigenvalue weighted by molar-refractivity contribution is 6.06. The van der Waals surface area contributed by atoms with E-state index in [4.69, 9.17) is 21.0 Å². The van der Waals surface area contributed by atoms with E-state index in [0.29, 0.717) is 53.4 Å². The molecule has 0 radical (unpaired) electrons. The van der Waals surface area contributed by atoms with Crippen LogP contribution in [0, 0.1) is 25.1 Å². The predicted molar refractivity (Wildman–Crippen MR) is 192 cm³/mol. The molecule has 1 amide bonds. The van der Waals surface area contributed by atoms with Crippen LogP contribution in [0.15, 0.2) is 72.8 Å². The van der Waals surface area contributed by atoms with Gasteiger partial charge in [-0.05, 0) is 67.8 Å². The van der Waals surface area contributed by atoms with Gasteiger partial charge in [-0.2, -0.15) is 5.10 Å². The molecule has 0 aliphatic carbocycles. The lowest BCUT2D eigenvalue weighted by Gasteiger charge is -2.29. The van der Waals surface area contributed by atoms with Gasteiger partial charge in [-0.1, -0.05) is 24.3 Å². The Hall–Kier alpha value is -5.97. The summed E-state index contributed by atoms with van der Waals surface area (Å²) in [7, 11) is 0. The average molecular weight is 701 g/mol. The van der Waals surface area contributed by atoms with Gasteiger partial charge in [0.2, 0.25) is 5.88 Å². The number of benzene rings is 3. The minimum Gasteiger partial charge on any atom is -0.473 e. The Labute approximate surface area is 297 Å². The van der Waals surface area contributed by atoms with Crippen LogP contribution < -0.4 is 10.1 Å². The quantitative estimate of drug-likeness (QED) is 0.144. The molecule has 52 heavy (non-hydrogen) atoms. The number of ether oxygens (including phenoxy) is 2. The number of hydrogen-bond acceptors (Lipinski definition) is 7. The molecule has 1 fully saturated rings. The van der Waals surface area contributed by atoms with E-state index in [9.17, 15) is 13.6 Å². The van der Waals surface area contributed by atoms with Crippen molar-refractivity contribution in [1.29, 1.82) is 0 Å². The number of aryl methyl sites for hydroxylation is 1. The number of aromatic nitrogens is 5. The van der Waals surface area contributed by atoms with Crippen LogP contribution in [0.2, 0.25) is 0 Å². The number of anilines is 1. The van der Waals surface area contributed by atoms with Crippen LogP contribution in [-0.4, -0.2) is 61.3 Å². The predicted octanol–water partition coefficient (Wildman–Crippen LogP) is 7.35. The van der Waals surface area contributed by atoms with Crippen LogP contribution in [-0.2, 0) is 24.4 Å². The third-order valence-corrected chi connectivity index (χ3v) is 9.58. The van der Waals surface area contributed by atoms with Crippen molar-refractivity contribution in [3.05, 3.63) is 124 Å². The number of aromatic amines is 1. The zero-order valence-corrected chi connectivity index (χ0v) is 28.3. The number of rotatable bonds is 10. The Morgan fingerprint density at radius 3 is 2.77 bits per heavy atom. The molecule has 13 heteroatoms. The zero-order valence-electron chi connectivity index (χ0n) is 28.3. The monoisotopic (exact) mass is 700 g/mol. The number of H-pyrrole nitrogens is 1. The molecule has 3 aromatic heterocycles. The molecule has 1 saturated heterocycles. The van der Waals surface area contributed by atoms with Gasteiger partial charge in [0.05, 0.1) is 42.5 Å². The highest BCUT2D eigenvalue weighted by Gasteiger charge is 2.24. The second-order valence-electron chi connectivity index (χ2n) is 13.0. The van der Waals surface area contributed by atoms with Gasteiger partial charge in [-0.25, -0.2) is 23.6 Å². The number of carbonyl (C=O) groups excluding carboxylic acids is 1. The molecule has 2 aliphatic rings. The average Bonchev–Trinajstić information content (AvgIpc) is 3.68. The molecule has 6 aromatic rings. The number of nitrogens with zero attached hydrogens (tertiary/aromatic N) is 6. The summed E-state index contributed by atoms with van der Waals surface area (Å²) in [6, 6.07) is 18.3. The molecular weight excluding hydrogens is 666 g/mol. The van der Waals surface area contributed by atoms with Crippen molar-refractivity contribution < 1.29 is 23.0 Å². The van der Waals surface area contributed by atoms with Crippen LogP contribution >= 0.6 is 0 Å². The number of carbonyl (C=O) groups is 1. The highest BCUT2D eigenvalue weighted by Crippen LogP contribution is 2.28.